The van der Waals surface area contributed by atoms with Crippen LogP contribution in [-0.4, -0.2) is 33.8 Å². The number of fused-ring (bicyclic) bond motifs is 1. The lowest BCUT2D eigenvalue weighted by atomic mass is 10.2. The van der Waals surface area contributed by atoms with Crippen LogP contribution in [0.2, 0.25) is 0 Å². The number of carboxylic acids is 1. The number of carboxylic acid groups (broad SMARTS) is 1. The lowest BCUT2D eigenvalue weighted by molar-refractivity contribution is -0.137. The van der Waals surface area contributed by atoms with Gasteiger partial charge in [0.2, 0.25) is 0 Å². The fourth-order valence-corrected chi connectivity index (χ4v) is 1.66. The summed E-state index contributed by atoms with van der Waals surface area (Å²) in [5.41, 5.74) is 0.873. The average Bonchev–Trinajstić information content (AvgIpc) is 2.67. The van der Waals surface area contributed by atoms with Gasteiger partial charge in [-0.2, -0.15) is 5.10 Å². The molecule has 17 heavy (non-hydrogen) atoms. The zero-order valence-electron chi connectivity index (χ0n) is 9.17. The minimum absolute atomic E-state index is 0.240. The van der Waals surface area contributed by atoms with E-state index in [2.05, 4.69) is 10.4 Å². The highest BCUT2D eigenvalue weighted by Crippen LogP contribution is 2.18. The largest absolute Gasteiger partial charge is 0.480 e. The summed E-state index contributed by atoms with van der Waals surface area (Å²) in [6.45, 7) is -0.266. The smallest absolute Gasteiger partial charge is 0.325 e. The number of aliphatic carboxylic acids is 1. The standard InChI is InChI=1S/C11H11N3O3/c1-12-11(17)10-7-4-2-3-5-8(7)14(13-10)6-9(15)16/h2-5H,6H2,1H3,(H,12,17)(H,15,16). The molecule has 0 spiro atoms. The molecule has 0 unspecified atom stereocenters. The highest BCUT2D eigenvalue weighted by molar-refractivity contribution is 6.04. The molecule has 1 aromatic carbocycles. The van der Waals surface area contributed by atoms with Crippen LogP contribution in [0.25, 0.3) is 10.9 Å². The minimum atomic E-state index is -0.998. The summed E-state index contributed by atoms with van der Waals surface area (Å²) >= 11 is 0. The van der Waals surface area contributed by atoms with Crippen LogP contribution in [0.4, 0.5) is 0 Å². The number of benzene rings is 1. The van der Waals surface area contributed by atoms with Crippen molar-refractivity contribution in [2.75, 3.05) is 7.05 Å². The van der Waals surface area contributed by atoms with Gasteiger partial charge in [0.25, 0.3) is 5.91 Å². The zero-order chi connectivity index (χ0) is 12.4. The Bertz CT molecular complexity index is 589. The van der Waals surface area contributed by atoms with Crippen molar-refractivity contribution >= 4 is 22.8 Å². The van der Waals surface area contributed by atoms with Gasteiger partial charge in [-0.1, -0.05) is 18.2 Å². The van der Waals surface area contributed by atoms with Gasteiger partial charge in [0, 0.05) is 12.4 Å². The number of nitrogens with one attached hydrogen (secondary N) is 1. The van der Waals surface area contributed by atoms with E-state index in [1.54, 1.807) is 24.3 Å². The number of hydrogen-bond donors (Lipinski definition) is 2. The van der Waals surface area contributed by atoms with Gasteiger partial charge in [0.1, 0.15) is 6.54 Å². The van der Waals surface area contributed by atoms with E-state index in [-0.39, 0.29) is 18.1 Å². The fourth-order valence-electron chi connectivity index (χ4n) is 1.66. The van der Waals surface area contributed by atoms with E-state index < -0.39 is 5.97 Å². The first-order valence-corrected chi connectivity index (χ1v) is 5.03. The molecule has 2 N–H and O–H groups in total. The molecule has 1 heterocycles. The Balaban J connectivity index is 2.62. The molecule has 0 aliphatic carbocycles. The highest BCUT2D eigenvalue weighted by atomic mass is 16.4. The van der Waals surface area contributed by atoms with Crippen LogP contribution in [-0.2, 0) is 11.3 Å². The van der Waals surface area contributed by atoms with Crippen LogP contribution < -0.4 is 5.32 Å². The minimum Gasteiger partial charge on any atom is -0.480 e. The third kappa shape index (κ3) is 1.96. The fraction of sp³-hybridized carbons (Fsp3) is 0.182. The molecule has 0 radical (unpaired) electrons. The van der Waals surface area contributed by atoms with E-state index >= 15 is 0 Å². The van der Waals surface area contributed by atoms with Gasteiger partial charge in [-0.05, 0) is 6.07 Å². The van der Waals surface area contributed by atoms with E-state index in [1.807, 2.05) is 0 Å². The molecule has 0 fully saturated rings. The summed E-state index contributed by atoms with van der Waals surface area (Å²) in [6, 6.07) is 7.03. The van der Waals surface area contributed by atoms with E-state index in [4.69, 9.17) is 5.11 Å². The van der Waals surface area contributed by atoms with Gasteiger partial charge in [0.15, 0.2) is 5.69 Å². The van der Waals surface area contributed by atoms with Crippen LogP contribution in [0, 0.1) is 0 Å². The predicted molar refractivity (Wildman–Crippen MR) is 60.8 cm³/mol. The van der Waals surface area contributed by atoms with Crippen LogP contribution in [0.15, 0.2) is 24.3 Å². The molecule has 0 bridgehead atoms. The molecule has 0 saturated heterocycles. The maximum atomic E-state index is 11.6. The number of rotatable bonds is 3. The van der Waals surface area contributed by atoms with Crippen molar-refractivity contribution in [3.05, 3.63) is 30.0 Å². The Labute approximate surface area is 96.8 Å². The monoisotopic (exact) mass is 233 g/mol. The highest BCUT2D eigenvalue weighted by Gasteiger charge is 2.16. The number of carbonyl (C=O) groups is 2. The number of nitrogens with zero attached hydrogens (tertiary/aromatic N) is 2. The lowest BCUT2D eigenvalue weighted by Crippen LogP contribution is -2.19. The van der Waals surface area contributed by atoms with Crippen molar-refractivity contribution in [2.24, 2.45) is 0 Å². The van der Waals surface area contributed by atoms with Crippen molar-refractivity contribution < 1.29 is 14.7 Å². The number of hydrogen-bond acceptors (Lipinski definition) is 3. The second-order valence-corrected chi connectivity index (χ2v) is 3.50. The van der Waals surface area contributed by atoms with Crippen molar-refractivity contribution in [1.82, 2.24) is 15.1 Å². The molecule has 6 heteroatoms. The Hall–Kier alpha value is -2.37. The molecule has 0 aliphatic rings. The number of para-hydroxylation sites is 1. The first-order chi connectivity index (χ1) is 8.13. The normalized spacial score (nSPS) is 10.4. The molecular formula is C11H11N3O3. The summed E-state index contributed by atoms with van der Waals surface area (Å²) in [4.78, 5) is 22.3. The van der Waals surface area contributed by atoms with Gasteiger partial charge in [-0.3, -0.25) is 14.3 Å². The Kier molecular flexibility index (Phi) is 2.78. The van der Waals surface area contributed by atoms with Gasteiger partial charge in [0.05, 0.1) is 5.52 Å². The maximum Gasteiger partial charge on any atom is 0.325 e. The SMILES string of the molecule is CNC(=O)c1nn(CC(=O)O)c2ccccc12. The third-order valence-electron chi connectivity index (χ3n) is 2.39. The van der Waals surface area contributed by atoms with Crippen molar-refractivity contribution in [3.63, 3.8) is 0 Å². The van der Waals surface area contributed by atoms with Crippen molar-refractivity contribution in [2.45, 2.75) is 6.54 Å². The van der Waals surface area contributed by atoms with Gasteiger partial charge >= 0.3 is 5.97 Å². The number of amides is 1. The van der Waals surface area contributed by atoms with Gasteiger partial charge < -0.3 is 10.4 Å². The predicted octanol–water partition coefficient (Wildman–Crippen LogP) is 0.480. The average molecular weight is 233 g/mol. The summed E-state index contributed by atoms with van der Waals surface area (Å²) in [5.74, 6) is -1.33. The third-order valence-corrected chi connectivity index (χ3v) is 2.39. The van der Waals surface area contributed by atoms with Crippen LogP contribution in [0.3, 0.4) is 0 Å². The van der Waals surface area contributed by atoms with E-state index in [1.165, 1.54) is 11.7 Å². The second-order valence-electron chi connectivity index (χ2n) is 3.50. The molecule has 0 aliphatic heterocycles. The van der Waals surface area contributed by atoms with E-state index in [0.717, 1.165) is 0 Å². The van der Waals surface area contributed by atoms with E-state index in [0.29, 0.717) is 10.9 Å². The Morgan fingerprint density at radius 2 is 2.12 bits per heavy atom. The van der Waals surface area contributed by atoms with Gasteiger partial charge in [-0.15, -0.1) is 0 Å². The first-order valence-electron chi connectivity index (χ1n) is 5.03. The second kappa shape index (κ2) is 4.25. The van der Waals surface area contributed by atoms with Crippen molar-refractivity contribution in [1.29, 1.82) is 0 Å². The molecule has 0 saturated carbocycles. The summed E-state index contributed by atoms with van der Waals surface area (Å²) in [5, 5.41) is 15.9. The summed E-state index contributed by atoms with van der Waals surface area (Å²) < 4.78 is 1.31. The maximum absolute atomic E-state index is 11.6. The van der Waals surface area contributed by atoms with Gasteiger partial charge in [-0.25, -0.2) is 0 Å². The Morgan fingerprint density at radius 3 is 2.76 bits per heavy atom. The van der Waals surface area contributed by atoms with Crippen LogP contribution in [0.5, 0.6) is 0 Å². The van der Waals surface area contributed by atoms with Crippen LogP contribution in [0.1, 0.15) is 10.5 Å². The molecular weight excluding hydrogens is 222 g/mol. The van der Waals surface area contributed by atoms with Crippen LogP contribution >= 0.6 is 0 Å². The lowest BCUT2D eigenvalue weighted by Gasteiger charge is -1.97. The summed E-state index contributed by atoms with van der Waals surface area (Å²) in [7, 11) is 1.51. The molecule has 2 rings (SSSR count). The van der Waals surface area contributed by atoms with Crippen molar-refractivity contribution in [3.8, 4) is 0 Å². The van der Waals surface area contributed by atoms with E-state index in [9.17, 15) is 9.59 Å². The molecule has 6 nitrogen and oxygen atoms in total. The number of aromatic nitrogens is 2. The molecule has 0 atom stereocenters. The topological polar surface area (TPSA) is 84.2 Å². The quantitative estimate of drug-likeness (QED) is 0.807. The first kappa shape index (κ1) is 11.1. The summed E-state index contributed by atoms with van der Waals surface area (Å²) in [6.07, 6.45) is 0. The number of carbonyl (C=O) groups excluding carboxylic acids is 1. The zero-order valence-corrected chi connectivity index (χ0v) is 9.17. The molecule has 1 amide bonds. The molecule has 2 aromatic rings. The Morgan fingerprint density at radius 1 is 1.41 bits per heavy atom. The molecule has 88 valence electrons. The molecule has 1 aromatic heterocycles.